The Morgan fingerprint density at radius 2 is 1.75 bits per heavy atom. The van der Waals surface area contributed by atoms with Crippen LogP contribution < -0.4 is 4.90 Å². The normalized spacial score (nSPS) is 16.1. The Balaban J connectivity index is 1.75. The summed E-state index contributed by atoms with van der Waals surface area (Å²) in [5, 5.41) is 0. The number of urea groups is 1. The van der Waals surface area contributed by atoms with Crippen molar-refractivity contribution in [3.05, 3.63) is 54.4 Å². The third-order valence-electron chi connectivity index (χ3n) is 4.77. The number of carbonyl (C=O) groups excluding carboxylic acids is 2. The van der Waals surface area contributed by atoms with E-state index in [1.54, 1.807) is 50.0 Å². The summed E-state index contributed by atoms with van der Waals surface area (Å²) in [6.07, 6.45) is 4.35. The largest absolute Gasteiger partial charge is 0.385 e. The molecule has 0 aliphatic carbocycles. The Labute approximate surface area is 169 Å². The molecule has 1 aromatic heterocycles. The summed E-state index contributed by atoms with van der Waals surface area (Å²) in [7, 11) is 1.70. The van der Waals surface area contributed by atoms with Crippen molar-refractivity contribution in [2.24, 2.45) is 0 Å². The maximum atomic E-state index is 13.1. The van der Waals surface area contributed by atoms with Crippen LogP contribution in [0.2, 0.25) is 0 Å². The van der Waals surface area contributed by atoms with Crippen LogP contribution in [-0.2, 0) is 16.1 Å². The first-order valence-electron chi connectivity index (χ1n) is 9.22. The zero-order valence-corrected chi connectivity index (χ0v) is 17.2. The molecule has 28 heavy (non-hydrogen) atoms. The number of carbonyl (C=O) groups is 2. The van der Waals surface area contributed by atoms with E-state index in [-0.39, 0.29) is 11.9 Å². The fraction of sp³-hybridized carbons (Fsp3) is 0.381. The number of thioether (sulfide) groups is 1. The van der Waals surface area contributed by atoms with E-state index in [0.29, 0.717) is 12.2 Å². The fourth-order valence-corrected chi connectivity index (χ4v) is 3.91. The van der Waals surface area contributed by atoms with Gasteiger partial charge in [-0.1, -0.05) is 0 Å². The highest BCUT2D eigenvalue weighted by Gasteiger charge is 2.51. The molecule has 7 heteroatoms. The van der Waals surface area contributed by atoms with Crippen molar-refractivity contribution in [2.45, 2.75) is 37.2 Å². The number of hydrogen-bond acceptors (Lipinski definition) is 5. The van der Waals surface area contributed by atoms with Gasteiger partial charge in [0, 0.05) is 43.3 Å². The summed E-state index contributed by atoms with van der Waals surface area (Å²) >= 11 is 1.73. The highest BCUT2D eigenvalue weighted by atomic mass is 32.2. The van der Waals surface area contributed by atoms with Gasteiger partial charge in [0.15, 0.2) is 0 Å². The lowest BCUT2D eigenvalue weighted by Crippen LogP contribution is -2.43. The lowest BCUT2D eigenvalue weighted by atomic mass is 10.0. The maximum Gasteiger partial charge on any atom is 0.332 e. The first-order valence-corrected chi connectivity index (χ1v) is 10.2. The van der Waals surface area contributed by atoms with Gasteiger partial charge in [0.25, 0.3) is 5.91 Å². The molecule has 6 nitrogen and oxygen atoms in total. The molecule has 1 aromatic carbocycles. The number of nitrogens with zero attached hydrogens (tertiary/aromatic N) is 3. The highest BCUT2D eigenvalue weighted by molar-refractivity contribution is 7.99. The summed E-state index contributed by atoms with van der Waals surface area (Å²) in [5.41, 5.74) is 0.629. The zero-order valence-electron chi connectivity index (χ0n) is 16.4. The molecule has 0 radical (unpaired) electrons. The second kappa shape index (κ2) is 8.75. The minimum Gasteiger partial charge on any atom is -0.385 e. The predicted octanol–water partition coefficient (Wildman–Crippen LogP) is 3.96. The second-order valence-electron chi connectivity index (χ2n) is 7.11. The minimum absolute atomic E-state index is 0.216. The van der Waals surface area contributed by atoms with E-state index in [9.17, 15) is 9.59 Å². The van der Waals surface area contributed by atoms with E-state index in [1.165, 1.54) is 4.90 Å². The van der Waals surface area contributed by atoms with Gasteiger partial charge in [-0.05, 0) is 62.2 Å². The van der Waals surface area contributed by atoms with Gasteiger partial charge in [0.05, 0.1) is 5.69 Å². The molecule has 0 atom stereocenters. The molecule has 0 spiro atoms. The van der Waals surface area contributed by atoms with Crippen molar-refractivity contribution in [1.29, 1.82) is 0 Å². The van der Waals surface area contributed by atoms with Crippen molar-refractivity contribution in [3.63, 3.8) is 0 Å². The standard InChI is InChI=1S/C21H25N3O3S/c1-21(2)19(25)24(20(26)23(21)15-16-9-11-22-12-10-16)17-5-7-18(8-6-17)28-14-4-13-27-3/h5-12H,4,13-15H2,1-3H3. The van der Waals surface area contributed by atoms with Crippen LogP contribution >= 0.6 is 11.8 Å². The van der Waals surface area contributed by atoms with Gasteiger partial charge in [0.2, 0.25) is 0 Å². The average molecular weight is 400 g/mol. The number of benzene rings is 1. The number of rotatable bonds is 8. The van der Waals surface area contributed by atoms with Crippen molar-refractivity contribution in [3.8, 4) is 0 Å². The van der Waals surface area contributed by atoms with Gasteiger partial charge in [-0.15, -0.1) is 11.8 Å². The maximum absolute atomic E-state index is 13.1. The number of hydrogen-bond donors (Lipinski definition) is 0. The molecule has 2 aromatic rings. The Bertz CT molecular complexity index is 825. The monoisotopic (exact) mass is 399 g/mol. The number of amides is 3. The van der Waals surface area contributed by atoms with E-state index >= 15 is 0 Å². The van der Waals surface area contributed by atoms with Crippen LogP contribution in [0.5, 0.6) is 0 Å². The van der Waals surface area contributed by atoms with E-state index in [2.05, 4.69) is 4.98 Å². The van der Waals surface area contributed by atoms with Crippen LogP contribution in [0.25, 0.3) is 0 Å². The molecule has 0 unspecified atom stereocenters. The van der Waals surface area contributed by atoms with E-state index in [1.807, 2.05) is 36.4 Å². The first kappa shape index (κ1) is 20.4. The van der Waals surface area contributed by atoms with Gasteiger partial charge in [-0.3, -0.25) is 9.78 Å². The van der Waals surface area contributed by atoms with Crippen LogP contribution in [0.3, 0.4) is 0 Å². The summed E-state index contributed by atoms with van der Waals surface area (Å²) < 4.78 is 5.06. The summed E-state index contributed by atoms with van der Waals surface area (Å²) in [6, 6.07) is 11.0. The van der Waals surface area contributed by atoms with Gasteiger partial charge in [-0.2, -0.15) is 0 Å². The highest BCUT2D eigenvalue weighted by Crippen LogP contribution is 2.34. The predicted molar refractivity (Wildman–Crippen MR) is 110 cm³/mol. The van der Waals surface area contributed by atoms with E-state index in [0.717, 1.165) is 29.2 Å². The Morgan fingerprint density at radius 3 is 2.39 bits per heavy atom. The molecule has 1 aliphatic rings. The molecule has 0 N–H and O–H groups in total. The lowest BCUT2D eigenvalue weighted by Gasteiger charge is -2.27. The summed E-state index contributed by atoms with van der Waals surface area (Å²) in [6.45, 7) is 4.68. The number of pyridine rings is 1. The van der Waals surface area contributed by atoms with Crippen molar-refractivity contribution >= 4 is 29.4 Å². The lowest BCUT2D eigenvalue weighted by molar-refractivity contribution is -0.123. The number of anilines is 1. The molecule has 3 amide bonds. The van der Waals surface area contributed by atoms with Gasteiger partial charge in [-0.25, -0.2) is 9.69 Å². The fourth-order valence-electron chi connectivity index (χ4n) is 3.08. The Morgan fingerprint density at radius 1 is 1.07 bits per heavy atom. The van der Waals surface area contributed by atoms with Crippen LogP contribution in [0.4, 0.5) is 10.5 Å². The van der Waals surface area contributed by atoms with E-state index < -0.39 is 5.54 Å². The summed E-state index contributed by atoms with van der Waals surface area (Å²) in [4.78, 5) is 34.1. The molecule has 2 heterocycles. The molecular weight excluding hydrogens is 374 g/mol. The van der Waals surface area contributed by atoms with Crippen LogP contribution in [-0.4, -0.2) is 46.8 Å². The zero-order chi connectivity index (χ0) is 20.1. The van der Waals surface area contributed by atoms with Crippen molar-refractivity contribution < 1.29 is 14.3 Å². The molecule has 3 rings (SSSR count). The number of methoxy groups -OCH3 is 1. The number of ether oxygens (including phenoxy) is 1. The SMILES string of the molecule is COCCCSc1ccc(N2C(=O)N(Cc3ccncc3)C(C)(C)C2=O)cc1. The molecule has 1 aliphatic heterocycles. The Hall–Kier alpha value is -2.38. The van der Waals surface area contributed by atoms with E-state index in [4.69, 9.17) is 4.74 Å². The molecular formula is C21H25N3O3S. The average Bonchev–Trinajstić information content (AvgIpc) is 2.86. The molecule has 0 bridgehead atoms. The summed E-state index contributed by atoms with van der Waals surface area (Å²) in [5.74, 6) is 0.744. The third kappa shape index (κ3) is 4.20. The second-order valence-corrected chi connectivity index (χ2v) is 8.28. The Kier molecular flexibility index (Phi) is 6.36. The van der Waals surface area contributed by atoms with Crippen molar-refractivity contribution in [1.82, 2.24) is 9.88 Å². The van der Waals surface area contributed by atoms with Crippen molar-refractivity contribution in [2.75, 3.05) is 24.4 Å². The van der Waals surface area contributed by atoms with Gasteiger partial charge >= 0.3 is 6.03 Å². The smallest absolute Gasteiger partial charge is 0.332 e. The van der Waals surface area contributed by atoms with Gasteiger partial charge in [0.1, 0.15) is 5.54 Å². The van der Waals surface area contributed by atoms with Gasteiger partial charge < -0.3 is 9.64 Å². The number of aromatic nitrogens is 1. The third-order valence-corrected chi connectivity index (χ3v) is 5.87. The molecule has 148 valence electrons. The quantitative estimate of drug-likeness (QED) is 0.382. The number of imide groups is 1. The van der Waals surface area contributed by atoms with Crippen LogP contribution in [0.15, 0.2) is 53.7 Å². The van der Waals surface area contributed by atoms with Crippen LogP contribution in [0, 0.1) is 0 Å². The molecule has 1 fully saturated rings. The molecule has 1 saturated heterocycles. The minimum atomic E-state index is -0.909. The van der Waals surface area contributed by atoms with Crippen LogP contribution in [0.1, 0.15) is 25.8 Å². The topological polar surface area (TPSA) is 62.7 Å². The molecule has 0 saturated carbocycles. The first-order chi connectivity index (χ1) is 13.4.